The molecule has 0 bridgehead atoms. The van der Waals surface area contributed by atoms with Crippen LogP contribution in [0.1, 0.15) is 11.1 Å². The van der Waals surface area contributed by atoms with E-state index < -0.39 is 5.97 Å². The van der Waals surface area contributed by atoms with Crippen LogP contribution < -0.4 is 4.90 Å². The Morgan fingerprint density at radius 1 is 1.24 bits per heavy atom. The predicted octanol–water partition coefficient (Wildman–Crippen LogP) is 3.99. The molecule has 0 saturated heterocycles. The molecule has 0 spiro atoms. The van der Waals surface area contributed by atoms with Gasteiger partial charge in [-0.1, -0.05) is 39.7 Å². The molecule has 0 aromatic heterocycles. The van der Waals surface area contributed by atoms with Crippen molar-refractivity contribution in [3.63, 3.8) is 0 Å². The molecule has 0 saturated carbocycles. The monoisotopic (exact) mass is 351 g/mol. The number of benzene rings is 2. The Bertz CT molecular complexity index is 643. The maximum Gasteiger partial charge on any atom is 0.323 e. The summed E-state index contributed by atoms with van der Waals surface area (Å²) in [6, 6.07) is 12.3. The van der Waals surface area contributed by atoms with Gasteiger partial charge in [-0.3, -0.25) is 4.79 Å². The molecular weight excluding hydrogens is 337 g/mol. The Morgan fingerprint density at radius 3 is 2.48 bits per heavy atom. The fourth-order valence-corrected chi connectivity index (χ4v) is 2.35. The van der Waals surface area contributed by atoms with Gasteiger partial charge < -0.3 is 10.0 Å². The number of aliphatic carboxylic acids is 1. The predicted molar refractivity (Wildman–Crippen MR) is 84.0 cm³/mol. The van der Waals surface area contributed by atoms with Gasteiger partial charge in [-0.2, -0.15) is 0 Å². The molecule has 0 fully saturated rings. The van der Waals surface area contributed by atoms with Crippen LogP contribution in [0.25, 0.3) is 0 Å². The molecule has 2 aromatic rings. The fraction of sp³-hybridized carbons (Fsp3) is 0.188. The van der Waals surface area contributed by atoms with E-state index in [4.69, 9.17) is 5.11 Å². The maximum atomic E-state index is 13.9. The van der Waals surface area contributed by atoms with Crippen molar-refractivity contribution >= 4 is 27.6 Å². The number of hydrogen-bond donors (Lipinski definition) is 1. The highest BCUT2D eigenvalue weighted by molar-refractivity contribution is 9.10. The molecule has 21 heavy (non-hydrogen) atoms. The summed E-state index contributed by atoms with van der Waals surface area (Å²) in [5, 5.41) is 9.05. The van der Waals surface area contributed by atoms with E-state index in [0.717, 1.165) is 11.3 Å². The summed E-state index contributed by atoms with van der Waals surface area (Å²) >= 11 is 3.21. The second-order valence-corrected chi connectivity index (χ2v) is 5.74. The van der Waals surface area contributed by atoms with Crippen LogP contribution in [0.5, 0.6) is 0 Å². The molecule has 1 N–H and O–H groups in total. The third-order valence-electron chi connectivity index (χ3n) is 3.10. The zero-order valence-corrected chi connectivity index (χ0v) is 13.1. The van der Waals surface area contributed by atoms with Crippen molar-refractivity contribution < 1.29 is 14.3 Å². The lowest BCUT2D eigenvalue weighted by atomic mass is 10.1. The lowest BCUT2D eigenvalue weighted by molar-refractivity contribution is -0.135. The number of rotatable bonds is 5. The number of halogens is 2. The highest BCUT2D eigenvalue weighted by Gasteiger charge is 2.13. The van der Waals surface area contributed by atoms with Crippen molar-refractivity contribution in [3.8, 4) is 0 Å². The Hall–Kier alpha value is -1.88. The van der Waals surface area contributed by atoms with E-state index in [2.05, 4.69) is 15.9 Å². The third-order valence-corrected chi connectivity index (χ3v) is 3.59. The lowest BCUT2D eigenvalue weighted by Crippen LogP contribution is -2.29. The van der Waals surface area contributed by atoms with Gasteiger partial charge in [-0.25, -0.2) is 4.39 Å². The first-order valence-electron chi connectivity index (χ1n) is 6.43. The van der Waals surface area contributed by atoms with Gasteiger partial charge in [0.15, 0.2) is 0 Å². The Kier molecular flexibility index (Phi) is 4.96. The number of nitrogens with zero attached hydrogens (tertiary/aromatic N) is 1. The molecule has 0 radical (unpaired) electrons. The summed E-state index contributed by atoms with van der Waals surface area (Å²) in [5.74, 6) is -1.31. The minimum atomic E-state index is -0.951. The molecule has 0 aliphatic rings. The van der Waals surface area contributed by atoms with E-state index in [9.17, 15) is 9.18 Å². The van der Waals surface area contributed by atoms with Crippen molar-refractivity contribution in [2.24, 2.45) is 0 Å². The van der Waals surface area contributed by atoms with Crippen LogP contribution in [0.4, 0.5) is 10.1 Å². The SMILES string of the molecule is Cc1ccc(N(CC(=O)O)Cc2ccc(Br)cc2F)cc1. The van der Waals surface area contributed by atoms with Gasteiger partial charge in [0, 0.05) is 22.3 Å². The summed E-state index contributed by atoms with van der Waals surface area (Å²) < 4.78 is 14.6. The number of carboxylic acid groups (broad SMARTS) is 1. The van der Waals surface area contributed by atoms with Crippen molar-refractivity contribution in [1.82, 2.24) is 0 Å². The van der Waals surface area contributed by atoms with Gasteiger partial charge in [-0.15, -0.1) is 0 Å². The summed E-state index contributed by atoms with van der Waals surface area (Å²) in [4.78, 5) is 12.7. The fourth-order valence-electron chi connectivity index (χ4n) is 2.01. The zero-order valence-electron chi connectivity index (χ0n) is 11.5. The number of hydrogen-bond acceptors (Lipinski definition) is 2. The second kappa shape index (κ2) is 6.72. The first-order valence-corrected chi connectivity index (χ1v) is 7.22. The number of carbonyl (C=O) groups is 1. The van der Waals surface area contributed by atoms with E-state index in [-0.39, 0.29) is 18.9 Å². The quantitative estimate of drug-likeness (QED) is 0.885. The summed E-state index contributed by atoms with van der Waals surface area (Å²) in [5.41, 5.74) is 2.30. The van der Waals surface area contributed by atoms with E-state index >= 15 is 0 Å². The standard InChI is InChI=1S/C16H15BrFNO2/c1-11-2-6-14(7-3-11)19(10-16(20)21)9-12-4-5-13(17)8-15(12)18/h2-8H,9-10H2,1H3,(H,20,21). The number of carboxylic acids is 1. The molecule has 3 nitrogen and oxygen atoms in total. The second-order valence-electron chi connectivity index (χ2n) is 4.82. The molecule has 0 atom stereocenters. The van der Waals surface area contributed by atoms with E-state index in [1.807, 2.05) is 31.2 Å². The van der Waals surface area contributed by atoms with Crippen LogP contribution in [-0.4, -0.2) is 17.6 Å². The average Bonchev–Trinajstić information content (AvgIpc) is 2.41. The van der Waals surface area contributed by atoms with E-state index in [0.29, 0.717) is 10.0 Å². The van der Waals surface area contributed by atoms with Crippen LogP contribution in [0.2, 0.25) is 0 Å². The normalized spacial score (nSPS) is 10.4. The lowest BCUT2D eigenvalue weighted by Gasteiger charge is -2.23. The van der Waals surface area contributed by atoms with Crippen molar-refractivity contribution in [3.05, 3.63) is 63.9 Å². The van der Waals surface area contributed by atoms with Crippen LogP contribution in [0, 0.1) is 12.7 Å². The van der Waals surface area contributed by atoms with Crippen molar-refractivity contribution in [2.75, 3.05) is 11.4 Å². The first-order chi connectivity index (χ1) is 9.95. The smallest absolute Gasteiger partial charge is 0.323 e. The average molecular weight is 352 g/mol. The molecule has 2 aromatic carbocycles. The Balaban J connectivity index is 2.27. The summed E-state index contributed by atoms with van der Waals surface area (Å²) in [7, 11) is 0. The van der Waals surface area contributed by atoms with Crippen LogP contribution in [-0.2, 0) is 11.3 Å². The minimum absolute atomic E-state index is 0.182. The van der Waals surface area contributed by atoms with E-state index in [1.165, 1.54) is 6.07 Å². The summed E-state index contributed by atoms with van der Waals surface area (Å²) in [6.45, 7) is 1.98. The Labute approximate surface area is 131 Å². The first kappa shape index (κ1) is 15.5. The highest BCUT2D eigenvalue weighted by atomic mass is 79.9. The third kappa shape index (κ3) is 4.29. The summed E-state index contributed by atoms with van der Waals surface area (Å²) in [6.07, 6.45) is 0. The molecule has 0 amide bonds. The molecule has 0 aliphatic heterocycles. The van der Waals surface area contributed by atoms with Gasteiger partial charge in [0.1, 0.15) is 12.4 Å². The van der Waals surface area contributed by atoms with Gasteiger partial charge in [0.25, 0.3) is 0 Å². The maximum absolute atomic E-state index is 13.9. The van der Waals surface area contributed by atoms with Crippen LogP contribution >= 0.6 is 15.9 Å². The van der Waals surface area contributed by atoms with Gasteiger partial charge >= 0.3 is 5.97 Å². The van der Waals surface area contributed by atoms with Crippen LogP contribution in [0.3, 0.4) is 0 Å². The van der Waals surface area contributed by atoms with Gasteiger partial charge in [-0.05, 0) is 31.2 Å². The van der Waals surface area contributed by atoms with Crippen LogP contribution in [0.15, 0.2) is 46.9 Å². The molecule has 110 valence electrons. The van der Waals surface area contributed by atoms with Crippen molar-refractivity contribution in [1.29, 1.82) is 0 Å². The molecular formula is C16H15BrFNO2. The molecule has 0 aliphatic carbocycles. The van der Waals surface area contributed by atoms with E-state index in [1.54, 1.807) is 17.0 Å². The molecule has 0 unspecified atom stereocenters. The molecule has 5 heteroatoms. The van der Waals surface area contributed by atoms with Gasteiger partial charge in [0.2, 0.25) is 0 Å². The molecule has 2 rings (SSSR count). The van der Waals surface area contributed by atoms with Crippen molar-refractivity contribution in [2.45, 2.75) is 13.5 Å². The highest BCUT2D eigenvalue weighted by Crippen LogP contribution is 2.21. The minimum Gasteiger partial charge on any atom is -0.480 e. The number of aryl methyl sites for hydroxylation is 1. The zero-order chi connectivity index (χ0) is 15.4. The number of anilines is 1. The topological polar surface area (TPSA) is 40.5 Å². The molecule has 0 heterocycles. The Morgan fingerprint density at radius 2 is 1.90 bits per heavy atom. The van der Waals surface area contributed by atoms with Gasteiger partial charge in [0.05, 0.1) is 0 Å². The largest absolute Gasteiger partial charge is 0.480 e.